The highest BCUT2D eigenvalue weighted by molar-refractivity contribution is 6.30. The van der Waals surface area contributed by atoms with Gasteiger partial charge in [0.15, 0.2) is 0 Å². The molecule has 1 heterocycles. The van der Waals surface area contributed by atoms with Crippen LogP contribution in [0.5, 0.6) is 0 Å². The van der Waals surface area contributed by atoms with Gasteiger partial charge in [-0.15, -0.1) is 0 Å². The molecule has 2 rings (SSSR count). The van der Waals surface area contributed by atoms with E-state index in [1.54, 1.807) is 0 Å². The maximum atomic E-state index is 6.16. The quantitative estimate of drug-likeness (QED) is 0.908. The highest BCUT2D eigenvalue weighted by Crippen LogP contribution is 2.25. The van der Waals surface area contributed by atoms with Gasteiger partial charge >= 0.3 is 0 Å². The number of benzene rings is 1. The lowest BCUT2D eigenvalue weighted by atomic mass is 10.0. The Kier molecular flexibility index (Phi) is 5.07. The second kappa shape index (κ2) is 6.63. The van der Waals surface area contributed by atoms with Crippen LogP contribution in [0.3, 0.4) is 0 Å². The zero-order chi connectivity index (χ0) is 15.6. The topological polar surface area (TPSA) is 43.8 Å². The maximum absolute atomic E-state index is 6.16. The predicted octanol–water partition coefficient (Wildman–Crippen LogP) is 3.98. The van der Waals surface area contributed by atoms with Gasteiger partial charge in [-0.1, -0.05) is 25.4 Å². The molecule has 0 aliphatic rings. The molecule has 2 aromatic rings. The molecule has 3 nitrogen and oxygen atoms in total. The Balaban J connectivity index is 2.53. The first kappa shape index (κ1) is 16.1. The molecular weight excluding hydrogens is 282 g/mol. The van der Waals surface area contributed by atoms with Gasteiger partial charge in [-0.3, -0.25) is 0 Å². The Morgan fingerprint density at radius 2 is 2.00 bits per heavy atom. The summed E-state index contributed by atoms with van der Waals surface area (Å²) < 4.78 is 2.03. The molecule has 0 spiro atoms. The molecule has 1 atom stereocenters. The fourth-order valence-corrected chi connectivity index (χ4v) is 2.97. The van der Waals surface area contributed by atoms with Crippen molar-refractivity contribution in [1.82, 2.24) is 9.78 Å². The second-order valence-electron chi connectivity index (χ2n) is 5.56. The summed E-state index contributed by atoms with van der Waals surface area (Å²) in [6.07, 6.45) is 2.75. The summed E-state index contributed by atoms with van der Waals surface area (Å²) in [4.78, 5) is 0. The first-order valence-electron chi connectivity index (χ1n) is 7.57. The molecule has 0 aliphatic heterocycles. The predicted molar refractivity (Wildman–Crippen MR) is 89.4 cm³/mol. The number of aryl methyl sites for hydroxylation is 1. The van der Waals surface area contributed by atoms with E-state index < -0.39 is 0 Å². The van der Waals surface area contributed by atoms with Gasteiger partial charge in [-0.05, 0) is 62.4 Å². The van der Waals surface area contributed by atoms with E-state index in [0.29, 0.717) is 0 Å². The van der Waals surface area contributed by atoms with Crippen LogP contribution in [0.25, 0.3) is 5.69 Å². The van der Waals surface area contributed by atoms with Gasteiger partial charge in [-0.2, -0.15) is 5.10 Å². The molecule has 0 amide bonds. The normalized spacial score (nSPS) is 12.7. The fourth-order valence-electron chi connectivity index (χ4n) is 2.77. The number of rotatable bonds is 5. The van der Waals surface area contributed by atoms with Crippen LogP contribution in [0.15, 0.2) is 18.2 Å². The van der Waals surface area contributed by atoms with E-state index >= 15 is 0 Å². The molecule has 114 valence electrons. The third kappa shape index (κ3) is 3.30. The molecule has 1 aromatic heterocycles. The molecule has 21 heavy (non-hydrogen) atoms. The molecule has 0 saturated heterocycles. The molecule has 4 heteroatoms. The van der Waals surface area contributed by atoms with Crippen molar-refractivity contribution in [3.8, 4) is 5.69 Å². The van der Waals surface area contributed by atoms with E-state index in [0.717, 1.165) is 41.2 Å². The Hall–Kier alpha value is -1.32. The number of halogens is 1. The summed E-state index contributed by atoms with van der Waals surface area (Å²) >= 11 is 6.16. The van der Waals surface area contributed by atoms with Crippen molar-refractivity contribution in [1.29, 1.82) is 0 Å². The molecule has 0 aliphatic carbocycles. The minimum Gasteiger partial charge on any atom is -0.327 e. The van der Waals surface area contributed by atoms with E-state index in [1.807, 2.05) is 22.9 Å². The average Bonchev–Trinajstić information content (AvgIpc) is 2.73. The lowest BCUT2D eigenvalue weighted by Gasteiger charge is -2.15. The van der Waals surface area contributed by atoms with Crippen LogP contribution in [-0.4, -0.2) is 15.8 Å². The maximum Gasteiger partial charge on any atom is 0.0682 e. The summed E-state index contributed by atoms with van der Waals surface area (Å²) in [6, 6.07) is 6.11. The lowest BCUT2D eigenvalue weighted by molar-refractivity contribution is 0.641. The molecule has 0 bridgehead atoms. The molecule has 0 radical (unpaired) electrons. The monoisotopic (exact) mass is 305 g/mol. The summed E-state index contributed by atoms with van der Waals surface area (Å²) in [5.74, 6) is 0. The summed E-state index contributed by atoms with van der Waals surface area (Å²) in [7, 11) is 0. The molecule has 0 saturated carbocycles. The second-order valence-corrected chi connectivity index (χ2v) is 6.00. The Morgan fingerprint density at radius 3 is 2.57 bits per heavy atom. The first-order valence-corrected chi connectivity index (χ1v) is 7.95. The third-order valence-electron chi connectivity index (χ3n) is 4.07. The van der Waals surface area contributed by atoms with Gasteiger partial charge in [-0.25, -0.2) is 4.68 Å². The van der Waals surface area contributed by atoms with Crippen LogP contribution in [0, 0.1) is 13.8 Å². The number of aromatic nitrogens is 2. The van der Waals surface area contributed by atoms with E-state index in [-0.39, 0.29) is 6.04 Å². The van der Waals surface area contributed by atoms with Gasteiger partial charge in [0.25, 0.3) is 0 Å². The minimum absolute atomic E-state index is 0.143. The van der Waals surface area contributed by atoms with E-state index in [1.165, 1.54) is 11.3 Å². The third-order valence-corrected chi connectivity index (χ3v) is 4.31. The van der Waals surface area contributed by atoms with Gasteiger partial charge in [0.05, 0.1) is 11.4 Å². The van der Waals surface area contributed by atoms with Crippen molar-refractivity contribution in [2.45, 2.75) is 53.0 Å². The molecule has 2 N–H and O–H groups in total. The molecule has 0 fully saturated rings. The fraction of sp³-hybridized carbons (Fsp3) is 0.471. The van der Waals surface area contributed by atoms with Crippen molar-refractivity contribution >= 4 is 11.6 Å². The van der Waals surface area contributed by atoms with Crippen molar-refractivity contribution in [2.75, 3.05) is 0 Å². The number of hydrogen-bond donors (Lipinski definition) is 1. The van der Waals surface area contributed by atoms with Crippen molar-refractivity contribution < 1.29 is 0 Å². The van der Waals surface area contributed by atoms with Gasteiger partial charge in [0, 0.05) is 16.8 Å². The Morgan fingerprint density at radius 1 is 1.29 bits per heavy atom. The van der Waals surface area contributed by atoms with Crippen LogP contribution in [0.2, 0.25) is 5.02 Å². The number of hydrogen-bond acceptors (Lipinski definition) is 2. The van der Waals surface area contributed by atoms with Gasteiger partial charge < -0.3 is 5.73 Å². The summed E-state index contributed by atoms with van der Waals surface area (Å²) in [5.41, 5.74) is 12.0. The Bertz CT molecular complexity index is 631. The number of nitrogens with zero attached hydrogens (tertiary/aromatic N) is 2. The smallest absolute Gasteiger partial charge is 0.0682 e. The van der Waals surface area contributed by atoms with Crippen LogP contribution >= 0.6 is 11.6 Å². The molecule has 1 aromatic carbocycles. The van der Waals surface area contributed by atoms with Crippen molar-refractivity contribution in [3.63, 3.8) is 0 Å². The standard InChI is InChI=1S/C17H24ClN3/c1-5-15(19)10-13-9-14(18)7-8-17(13)21-12(4)16(6-2)11(3)20-21/h7-9,15H,5-6,10,19H2,1-4H3. The molecular formula is C17H24ClN3. The highest BCUT2D eigenvalue weighted by atomic mass is 35.5. The summed E-state index contributed by atoms with van der Waals surface area (Å²) in [6.45, 7) is 8.46. The van der Waals surface area contributed by atoms with Crippen molar-refractivity contribution in [3.05, 3.63) is 45.7 Å². The average molecular weight is 306 g/mol. The zero-order valence-electron chi connectivity index (χ0n) is 13.3. The zero-order valence-corrected chi connectivity index (χ0v) is 14.0. The molecule has 1 unspecified atom stereocenters. The SMILES string of the molecule is CCc1c(C)nn(-c2ccc(Cl)cc2CC(N)CC)c1C. The Labute approximate surface area is 132 Å². The van der Waals surface area contributed by atoms with E-state index in [9.17, 15) is 0 Å². The van der Waals surface area contributed by atoms with Crippen LogP contribution in [-0.2, 0) is 12.8 Å². The van der Waals surface area contributed by atoms with E-state index in [2.05, 4.69) is 27.7 Å². The van der Waals surface area contributed by atoms with Crippen LogP contribution in [0.4, 0.5) is 0 Å². The lowest BCUT2D eigenvalue weighted by Crippen LogP contribution is -2.22. The first-order chi connectivity index (χ1) is 9.97. The van der Waals surface area contributed by atoms with Crippen LogP contribution < -0.4 is 5.73 Å². The van der Waals surface area contributed by atoms with Gasteiger partial charge in [0.2, 0.25) is 0 Å². The van der Waals surface area contributed by atoms with Gasteiger partial charge in [0.1, 0.15) is 0 Å². The van der Waals surface area contributed by atoms with Crippen molar-refractivity contribution in [2.24, 2.45) is 5.73 Å². The minimum atomic E-state index is 0.143. The summed E-state index contributed by atoms with van der Waals surface area (Å²) in [5, 5.41) is 5.45. The van der Waals surface area contributed by atoms with Crippen LogP contribution in [0.1, 0.15) is 42.8 Å². The highest BCUT2D eigenvalue weighted by Gasteiger charge is 2.15. The largest absolute Gasteiger partial charge is 0.327 e. The number of nitrogens with two attached hydrogens (primary N) is 1. The van der Waals surface area contributed by atoms with E-state index in [4.69, 9.17) is 22.4 Å².